The molecular formula is C19H22F2N2O2. The van der Waals surface area contributed by atoms with Crippen LogP contribution in [0.2, 0.25) is 0 Å². The molecule has 2 aromatic rings. The monoisotopic (exact) mass is 348 g/mol. The van der Waals surface area contributed by atoms with E-state index >= 15 is 0 Å². The Bertz CT molecular complexity index is 733. The average molecular weight is 348 g/mol. The summed E-state index contributed by atoms with van der Waals surface area (Å²) in [6.45, 7) is 2.37. The van der Waals surface area contributed by atoms with Gasteiger partial charge in [0.15, 0.2) is 11.6 Å². The molecule has 0 aliphatic heterocycles. The molecule has 25 heavy (non-hydrogen) atoms. The van der Waals surface area contributed by atoms with Crippen LogP contribution in [0.15, 0.2) is 42.5 Å². The molecule has 2 rings (SSSR count). The fourth-order valence-electron chi connectivity index (χ4n) is 2.48. The first-order chi connectivity index (χ1) is 11.8. The molecule has 0 heterocycles. The number of nitrogens with zero attached hydrogens (tertiary/aromatic N) is 1. The number of amides is 1. The number of aliphatic hydroxyl groups is 1. The van der Waals surface area contributed by atoms with Gasteiger partial charge in [0.2, 0.25) is 0 Å². The zero-order valence-corrected chi connectivity index (χ0v) is 14.5. The molecule has 0 saturated carbocycles. The van der Waals surface area contributed by atoms with E-state index in [9.17, 15) is 18.7 Å². The van der Waals surface area contributed by atoms with Crippen LogP contribution in [0.25, 0.3) is 0 Å². The van der Waals surface area contributed by atoms with Gasteiger partial charge in [0.05, 0.1) is 12.1 Å². The van der Waals surface area contributed by atoms with Crippen molar-refractivity contribution >= 4 is 5.91 Å². The van der Waals surface area contributed by atoms with Crippen LogP contribution in [-0.2, 0) is 6.54 Å². The Balaban J connectivity index is 2.02. The highest BCUT2D eigenvalue weighted by atomic mass is 19.2. The summed E-state index contributed by atoms with van der Waals surface area (Å²) < 4.78 is 26.3. The van der Waals surface area contributed by atoms with E-state index in [4.69, 9.17) is 0 Å². The summed E-state index contributed by atoms with van der Waals surface area (Å²) >= 11 is 0. The fourth-order valence-corrected chi connectivity index (χ4v) is 2.48. The fraction of sp³-hybridized carbons (Fsp3) is 0.316. The van der Waals surface area contributed by atoms with Gasteiger partial charge in [-0.15, -0.1) is 0 Å². The summed E-state index contributed by atoms with van der Waals surface area (Å²) in [5.41, 5.74) is 1.75. The van der Waals surface area contributed by atoms with Gasteiger partial charge in [-0.05, 0) is 56.4 Å². The first kappa shape index (κ1) is 19.0. The molecule has 6 heteroatoms. The third kappa shape index (κ3) is 5.08. The number of hydrogen-bond donors (Lipinski definition) is 2. The number of carbonyl (C=O) groups is 1. The maximum absolute atomic E-state index is 13.3. The minimum absolute atomic E-state index is 0.202. The summed E-state index contributed by atoms with van der Waals surface area (Å²) in [5, 5.41) is 12.9. The van der Waals surface area contributed by atoms with E-state index in [1.54, 1.807) is 19.1 Å². The molecule has 134 valence electrons. The van der Waals surface area contributed by atoms with Crippen molar-refractivity contribution in [3.05, 3.63) is 70.8 Å². The highest BCUT2D eigenvalue weighted by molar-refractivity contribution is 5.94. The number of halogens is 2. The van der Waals surface area contributed by atoms with Crippen LogP contribution < -0.4 is 5.32 Å². The van der Waals surface area contributed by atoms with Gasteiger partial charge in [0, 0.05) is 12.1 Å². The maximum atomic E-state index is 13.3. The molecule has 0 aliphatic rings. The minimum Gasteiger partial charge on any atom is -0.386 e. The minimum atomic E-state index is -1.15. The summed E-state index contributed by atoms with van der Waals surface area (Å²) in [5.74, 6) is -2.36. The maximum Gasteiger partial charge on any atom is 0.251 e. The van der Waals surface area contributed by atoms with Crippen molar-refractivity contribution in [3.8, 4) is 0 Å². The summed E-state index contributed by atoms with van der Waals surface area (Å²) in [6, 6.07) is 9.66. The van der Waals surface area contributed by atoms with Crippen molar-refractivity contribution in [1.82, 2.24) is 10.2 Å². The van der Waals surface area contributed by atoms with Gasteiger partial charge in [-0.3, -0.25) is 4.79 Å². The summed E-state index contributed by atoms with van der Waals surface area (Å²) in [6.07, 6.45) is -1.15. The van der Waals surface area contributed by atoms with E-state index in [0.717, 1.165) is 24.2 Å². The lowest BCUT2D eigenvalue weighted by Crippen LogP contribution is -2.37. The molecule has 0 spiro atoms. The molecule has 0 saturated heterocycles. The number of hydrogen-bond acceptors (Lipinski definition) is 3. The first-order valence-corrected chi connectivity index (χ1v) is 7.95. The van der Waals surface area contributed by atoms with E-state index in [-0.39, 0.29) is 11.5 Å². The Morgan fingerprint density at radius 1 is 1.12 bits per heavy atom. The van der Waals surface area contributed by atoms with Gasteiger partial charge >= 0.3 is 0 Å². The smallest absolute Gasteiger partial charge is 0.251 e. The standard InChI is InChI=1S/C19H22F2N2O2/c1-12(18(24)15-8-9-16(20)17(21)10-15)22-19(25)14-6-4-13(5-7-14)11-23(2)3/h4-10,12,18,24H,11H2,1-3H3,(H,22,25). The molecular weight excluding hydrogens is 326 g/mol. The predicted molar refractivity (Wildman–Crippen MR) is 92.1 cm³/mol. The number of aliphatic hydroxyl groups excluding tert-OH is 1. The van der Waals surface area contributed by atoms with E-state index in [2.05, 4.69) is 5.32 Å². The Morgan fingerprint density at radius 3 is 2.32 bits per heavy atom. The number of nitrogens with one attached hydrogen (secondary N) is 1. The van der Waals surface area contributed by atoms with Gasteiger partial charge in [-0.1, -0.05) is 18.2 Å². The van der Waals surface area contributed by atoms with Crippen LogP contribution in [0.4, 0.5) is 8.78 Å². The molecule has 0 aliphatic carbocycles. The molecule has 2 atom stereocenters. The number of carbonyl (C=O) groups excluding carboxylic acids is 1. The summed E-state index contributed by atoms with van der Waals surface area (Å²) in [4.78, 5) is 14.3. The first-order valence-electron chi connectivity index (χ1n) is 7.95. The molecule has 2 N–H and O–H groups in total. The third-order valence-electron chi connectivity index (χ3n) is 3.83. The van der Waals surface area contributed by atoms with Crippen LogP contribution in [0.3, 0.4) is 0 Å². The molecule has 4 nitrogen and oxygen atoms in total. The van der Waals surface area contributed by atoms with Crippen molar-refractivity contribution in [2.75, 3.05) is 14.1 Å². The average Bonchev–Trinajstić information content (AvgIpc) is 2.56. The van der Waals surface area contributed by atoms with Gasteiger partial charge in [0.25, 0.3) is 5.91 Å². The Kier molecular flexibility index (Phi) is 6.22. The molecule has 0 radical (unpaired) electrons. The lowest BCUT2D eigenvalue weighted by molar-refractivity contribution is 0.0851. The van der Waals surface area contributed by atoms with Crippen molar-refractivity contribution in [3.63, 3.8) is 0 Å². The second-order valence-electron chi connectivity index (χ2n) is 6.32. The second kappa shape index (κ2) is 8.18. The lowest BCUT2D eigenvalue weighted by atomic mass is 10.0. The topological polar surface area (TPSA) is 52.6 Å². The second-order valence-corrected chi connectivity index (χ2v) is 6.32. The van der Waals surface area contributed by atoms with E-state index in [0.29, 0.717) is 5.56 Å². The molecule has 0 bridgehead atoms. The van der Waals surface area contributed by atoms with Crippen LogP contribution >= 0.6 is 0 Å². The number of rotatable bonds is 6. The van der Waals surface area contributed by atoms with Crippen LogP contribution in [0.1, 0.15) is 34.5 Å². The van der Waals surface area contributed by atoms with E-state index in [1.807, 2.05) is 31.1 Å². The highest BCUT2D eigenvalue weighted by Gasteiger charge is 2.20. The predicted octanol–water partition coefficient (Wildman–Crippen LogP) is 2.88. The van der Waals surface area contributed by atoms with Crippen molar-refractivity contribution in [2.24, 2.45) is 0 Å². The third-order valence-corrected chi connectivity index (χ3v) is 3.83. The van der Waals surface area contributed by atoms with E-state index < -0.39 is 23.8 Å². The normalized spacial score (nSPS) is 13.6. The van der Waals surface area contributed by atoms with Gasteiger partial charge < -0.3 is 15.3 Å². The quantitative estimate of drug-likeness (QED) is 0.844. The van der Waals surface area contributed by atoms with Crippen LogP contribution in [0.5, 0.6) is 0 Å². The molecule has 1 amide bonds. The molecule has 2 aromatic carbocycles. The van der Waals surface area contributed by atoms with Gasteiger partial charge in [0.1, 0.15) is 0 Å². The molecule has 0 aromatic heterocycles. The van der Waals surface area contributed by atoms with Crippen LogP contribution in [0, 0.1) is 11.6 Å². The van der Waals surface area contributed by atoms with Crippen molar-refractivity contribution < 1.29 is 18.7 Å². The Hall–Kier alpha value is -2.31. The summed E-state index contributed by atoms with van der Waals surface area (Å²) in [7, 11) is 3.92. The zero-order valence-electron chi connectivity index (χ0n) is 14.5. The molecule has 0 fully saturated rings. The van der Waals surface area contributed by atoms with Gasteiger partial charge in [-0.2, -0.15) is 0 Å². The lowest BCUT2D eigenvalue weighted by Gasteiger charge is -2.21. The Labute approximate surface area is 146 Å². The SMILES string of the molecule is CC(NC(=O)c1ccc(CN(C)C)cc1)C(O)c1ccc(F)c(F)c1. The number of benzene rings is 2. The largest absolute Gasteiger partial charge is 0.386 e. The van der Waals surface area contributed by atoms with Crippen molar-refractivity contribution in [2.45, 2.75) is 25.6 Å². The van der Waals surface area contributed by atoms with Crippen LogP contribution in [-0.4, -0.2) is 36.1 Å². The Morgan fingerprint density at radius 2 is 1.76 bits per heavy atom. The zero-order chi connectivity index (χ0) is 18.6. The molecule has 2 unspecified atom stereocenters. The highest BCUT2D eigenvalue weighted by Crippen LogP contribution is 2.19. The van der Waals surface area contributed by atoms with Gasteiger partial charge in [-0.25, -0.2) is 8.78 Å². The van der Waals surface area contributed by atoms with E-state index in [1.165, 1.54) is 6.07 Å². The van der Waals surface area contributed by atoms with Crippen molar-refractivity contribution in [1.29, 1.82) is 0 Å².